The third-order valence-corrected chi connectivity index (χ3v) is 3.59. The van der Waals surface area contributed by atoms with Gasteiger partial charge < -0.3 is 10.8 Å². The summed E-state index contributed by atoms with van der Waals surface area (Å²) >= 11 is 0. The second kappa shape index (κ2) is 8.31. The predicted octanol–water partition coefficient (Wildman–Crippen LogP) is 1.90. The minimum atomic E-state index is 0.0331. The van der Waals surface area contributed by atoms with Crippen molar-refractivity contribution < 1.29 is 5.11 Å². The first kappa shape index (κ1) is 16.2. The standard InChI is InChI=1S/C16H28N2O/c1-13(2)11-15(17)16(12-19)18(3)10-9-14-7-5-4-6-8-14/h4-8,13,15-16,19H,9-12,17H2,1-3H3. The van der Waals surface area contributed by atoms with Crippen molar-refractivity contribution in [3.63, 3.8) is 0 Å². The molecule has 3 nitrogen and oxygen atoms in total. The van der Waals surface area contributed by atoms with Gasteiger partial charge in [-0.2, -0.15) is 0 Å². The molecule has 1 rings (SSSR count). The highest BCUT2D eigenvalue weighted by molar-refractivity contribution is 5.14. The Hall–Kier alpha value is -0.900. The summed E-state index contributed by atoms with van der Waals surface area (Å²) < 4.78 is 0. The van der Waals surface area contributed by atoms with Gasteiger partial charge in [-0.3, -0.25) is 4.90 Å². The third-order valence-electron chi connectivity index (χ3n) is 3.59. The van der Waals surface area contributed by atoms with Gasteiger partial charge in [-0.05, 0) is 31.4 Å². The maximum absolute atomic E-state index is 9.56. The minimum Gasteiger partial charge on any atom is -0.395 e. The summed E-state index contributed by atoms with van der Waals surface area (Å²) in [5.74, 6) is 0.562. The molecule has 0 heterocycles. The van der Waals surface area contributed by atoms with E-state index in [2.05, 4.69) is 43.0 Å². The second-order valence-corrected chi connectivity index (χ2v) is 5.76. The van der Waals surface area contributed by atoms with E-state index in [0.29, 0.717) is 5.92 Å². The van der Waals surface area contributed by atoms with Crippen LogP contribution < -0.4 is 5.73 Å². The Balaban J connectivity index is 2.47. The van der Waals surface area contributed by atoms with Gasteiger partial charge in [-0.1, -0.05) is 44.2 Å². The van der Waals surface area contributed by atoms with Crippen molar-refractivity contribution in [2.24, 2.45) is 11.7 Å². The first-order valence-electron chi connectivity index (χ1n) is 7.15. The smallest absolute Gasteiger partial charge is 0.0601 e. The van der Waals surface area contributed by atoms with Crippen LogP contribution in [0.15, 0.2) is 30.3 Å². The molecule has 108 valence electrons. The maximum atomic E-state index is 9.56. The van der Waals surface area contributed by atoms with Crippen LogP contribution >= 0.6 is 0 Å². The van der Waals surface area contributed by atoms with Gasteiger partial charge in [-0.25, -0.2) is 0 Å². The third kappa shape index (κ3) is 5.72. The topological polar surface area (TPSA) is 49.5 Å². The van der Waals surface area contributed by atoms with E-state index in [0.717, 1.165) is 19.4 Å². The van der Waals surface area contributed by atoms with Crippen molar-refractivity contribution in [1.82, 2.24) is 4.90 Å². The SMILES string of the molecule is CC(C)CC(N)C(CO)N(C)CCc1ccccc1. The molecular weight excluding hydrogens is 236 g/mol. The van der Waals surface area contributed by atoms with Crippen LogP contribution in [-0.4, -0.2) is 42.3 Å². The number of rotatable bonds is 8. The van der Waals surface area contributed by atoms with Gasteiger partial charge in [0.2, 0.25) is 0 Å². The Morgan fingerprint density at radius 2 is 1.84 bits per heavy atom. The summed E-state index contributed by atoms with van der Waals surface area (Å²) in [6, 6.07) is 10.5. The molecule has 2 atom stereocenters. The van der Waals surface area contributed by atoms with Crippen molar-refractivity contribution in [2.45, 2.75) is 38.8 Å². The molecule has 0 radical (unpaired) electrons. The van der Waals surface area contributed by atoms with Crippen molar-refractivity contribution in [2.75, 3.05) is 20.2 Å². The Morgan fingerprint density at radius 3 is 2.37 bits per heavy atom. The summed E-state index contributed by atoms with van der Waals surface area (Å²) in [4.78, 5) is 2.18. The number of nitrogens with two attached hydrogens (primary N) is 1. The quantitative estimate of drug-likeness (QED) is 0.754. The van der Waals surface area contributed by atoms with Crippen LogP contribution in [0.2, 0.25) is 0 Å². The number of benzene rings is 1. The van der Waals surface area contributed by atoms with Gasteiger partial charge >= 0.3 is 0 Å². The lowest BCUT2D eigenvalue weighted by Gasteiger charge is -2.32. The molecule has 3 N–H and O–H groups in total. The largest absolute Gasteiger partial charge is 0.395 e. The highest BCUT2D eigenvalue weighted by Crippen LogP contribution is 2.11. The summed E-state index contributed by atoms with van der Waals surface area (Å²) in [5.41, 5.74) is 7.52. The number of aliphatic hydroxyl groups excluding tert-OH is 1. The Bertz CT molecular complexity index is 340. The number of likely N-dealkylation sites (N-methyl/N-ethyl adjacent to an activating group) is 1. The van der Waals surface area contributed by atoms with Crippen molar-refractivity contribution in [3.8, 4) is 0 Å². The van der Waals surface area contributed by atoms with Gasteiger partial charge in [0.1, 0.15) is 0 Å². The molecule has 1 aromatic carbocycles. The summed E-state index contributed by atoms with van der Waals surface area (Å²) in [6.07, 6.45) is 1.93. The molecular formula is C16H28N2O. The minimum absolute atomic E-state index is 0.0331. The van der Waals surface area contributed by atoms with E-state index >= 15 is 0 Å². The predicted molar refractivity (Wildman–Crippen MR) is 81.1 cm³/mol. The molecule has 3 heteroatoms. The number of nitrogens with zero attached hydrogens (tertiary/aromatic N) is 1. The van der Waals surface area contributed by atoms with E-state index in [9.17, 15) is 5.11 Å². The lowest BCUT2D eigenvalue weighted by Crippen LogP contribution is -2.49. The van der Waals surface area contributed by atoms with E-state index in [1.807, 2.05) is 13.1 Å². The zero-order chi connectivity index (χ0) is 14.3. The summed E-state index contributed by atoms with van der Waals surface area (Å²) in [5, 5.41) is 9.56. The normalized spacial score (nSPS) is 14.9. The molecule has 0 saturated heterocycles. The average Bonchev–Trinajstić information content (AvgIpc) is 2.37. The molecule has 0 spiro atoms. The summed E-state index contributed by atoms with van der Waals surface area (Å²) in [7, 11) is 2.05. The van der Waals surface area contributed by atoms with Crippen LogP contribution in [0.4, 0.5) is 0 Å². The number of hydrogen-bond acceptors (Lipinski definition) is 3. The van der Waals surface area contributed by atoms with Crippen LogP contribution in [0.25, 0.3) is 0 Å². The zero-order valence-corrected chi connectivity index (χ0v) is 12.4. The summed E-state index contributed by atoms with van der Waals surface area (Å²) in [6.45, 7) is 5.37. The van der Waals surface area contributed by atoms with E-state index in [-0.39, 0.29) is 18.7 Å². The fourth-order valence-electron chi connectivity index (χ4n) is 2.42. The Labute approximate surface area is 117 Å². The lowest BCUT2D eigenvalue weighted by atomic mass is 9.97. The van der Waals surface area contributed by atoms with Gasteiger partial charge in [-0.15, -0.1) is 0 Å². The van der Waals surface area contributed by atoms with Crippen molar-refractivity contribution in [1.29, 1.82) is 0 Å². The first-order valence-corrected chi connectivity index (χ1v) is 7.15. The molecule has 0 aliphatic heterocycles. The molecule has 2 unspecified atom stereocenters. The van der Waals surface area contributed by atoms with E-state index < -0.39 is 0 Å². The zero-order valence-electron chi connectivity index (χ0n) is 12.4. The molecule has 19 heavy (non-hydrogen) atoms. The maximum Gasteiger partial charge on any atom is 0.0601 e. The molecule has 0 amide bonds. The van der Waals surface area contributed by atoms with Crippen molar-refractivity contribution >= 4 is 0 Å². The fourth-order valence-corrected chi connectivity index (χ4v) is 2.42. The van der Waals surface area contributed by atoms with Crippen LogP contribution in [0.3, 0.4) is 0 Å². The molecule has 0 saturated carbocycles. The molecule has 0 aromatic heterocycles. The van der Waals surface area contributed by atoms with E-state index in [4.69, 9.17) is 5.73 Å². The van der Waals surface area contributed by atoms with Gasteiger partial charge in [0.25, 0.3) is 0 Å². The fraction of sp³-hybridized carbons (Fsp3) is 0.625. The average molecular weight is 264 g/mol. The van der Waals surface area contributed by atoms with Crippen molar-refractivity contribution in [3.05, 3.63) is 35.9 Å². The van der Waals surface area contributed by atoms with Crippen LogP contribution in [0.1, 0.15) is 25.8 Å². The molecule has 0 aliphatic carbocycles. The Morgan fingerprint density at radius 1 is 1.21 bits per heavy atom. The van der Waals surface area contributed by atoms with Gasteiger partial charge in [0, 0.05) is 18.6 Å². The van der Waals surface area contributed by atoms with E-state index in [1.165, 1.54) is 5.56 Å². The van der Waals surface area contributed by atoms with E-state index in [1.54, 1.807) is 0 Å². The molecule has 0 fully saturated rings. The lowest BCUT2D eigenvalue weighted by molar-refractivity contribution is 0.121. The first-order chi connectivity index (χ1) is 9.04. The Kier molecular flexibility index (Phi) is 7.06. The molecule has 0 bridgehead atoms. The van der Waals surface area contributed by atoms with Crippen LogP contribution in [0, 0.1) is 5.92 Å². The molecule has 0 aliphatic rings. The number of aliphatic hydroxyl groups is 1. The highest BCUT2D eigenvalue weighted by atomic mass is 16.3. The van der Waals surface area contributed by atoms with Crippen LogP contribution in [-0.2, 0) is 6.42 Å². The highest BCUT2D eigenvalue weighted by Gasteiger charge is 2.22. The van der Waals surface area contributed by atoms with Gasteiger partial charge in [0.15, 0.2) is 0 Å². The molecule has 1 aromatic rings. The van der Waals surface area contributed by atoms with Crippen LogP contribution in [0.5, 0.6) is 0 Å². The second-order valence-electron chi connectivity index (χ2n) is 5.76. The monoisotopic (exact) mass is 264 g/mol. The van der Waals surface area contributed by atoms with Gasteiger partial charge in [0.05, 0.1) is 6.61 Å². The number of hydrogen-bond donors (Lipinski definition) is 2.